The summed E-state index contributed by atoms with van der Waals surface area (Å²) < 4.78 is 31.2. The minimum atomic E-state index is -4.09. The molecule has 144 valence electrons. The van der Waals surface area contributed by atoms with Gasteiger partial charge in [-0.2, -0.15) is 8.42 Å². The quantitative estimate of drug-likeness (QED) is 0.489. The number of pyridine rings is 1. The summed E-state index contributed by atoms with van der Waals surface area (Å²) in [5, 5.41) is 0. The van der Waals surface area contributed by atoms with Gasteiger partial charge in [-0.3, -0.25) is 20.6 Å². The highest BCUT2D eigenvalue weighted by atomic mass is 32.2. The van der Waals surface area contributed by atoms with Crippen LogP contribution >= 0.6 is 0 Å². The van der Waals surface area contributed by atoms with Crippen LogP contribution in [0.3, 0.4) is 0 Å². The Morgan fingerprint density at radius 1 is 1.04 bits per heavy atom. The van der Waals surface area contributed by atoms with Gasteiger partial charge in [0.1, 0.15) is 4.90 Å². The molecule has 1 amide bonds. The van der Waals surface area contributed by atoms with Gasteiger partial charge in [0.15, 0.2) is 5.75 Å². The van der Waals surface area contributed by atoms with E-state index in [0.717, 1.165) is 11.1 Å². The highest BCUT2D eigenvalue weighted by Gasteiger charge is 2.22. The predicted molar refractivity (Wildman–Crippen MR) is 106 cm³/mol. The highest BCUT2D eigenvalue weighted by Crippen LogP contribution is 2.39. The number of aromatic nitrogens is 1. The average Bonchev–Trinajstić information content (AvgIpc) is 2.69. The zero-order chi connectivity index (χ0) is 20.1. The number of rotatable bonds is 6. The number of nitrogens with one attached hydrogen (secondary N) is 2. The largest absolute Gasteiger partial charge is 0.376 e. The molecule has 1 heterocycles. The van der Waals surface area contributed by atoms with E-state index >= 15 is 0 Å². The van der Waals surface area contributed by atoms with Crippen molar-refractivity contribution in [3.05, 3.63) is 72.6 Å². The SMILES string of the molecule is CC(=O)NNc1cc(C)cc(-c2ccncc2)c1OS(=O)(=O)c1ccccc1. The van der Waals surface area contributed by atoms with Crippen molar-refractivity contribution in [2.45, 2.75) is 18.7 Å². The molecule has 2 N–H and O–H groups in total. The van der Waals surface area contributed by atoms with Crippen LogP contribution in [-0.2, 0) is 14.9 Å². The maximum Gasteiger partial charge on any atom is 0.339 e. The lowest BCUT2D eigenvalue weighted by Gasteiger charge is -2.18. The summed E-state index contributed by atoms with van der Waals surface area (Å²) in [6, 6.07) is 14.9. The number of amides is 1. The van der Waals surface area contributed by atoms with Gasteiger partial charge in [-0.05, 0) is 54.4 Å². The van der Waals surface area contributed by atoms with Crippen molar-refractivity contribution in [3.8, 4) is 16.9 Å². The summed E-state index contributed by atoms with van der Waals surface area (Å²) in [5.74, 6) is -0.252. The van der Waals surface area contributed by atoms with Gasteiger partial charge >= 0.3 is 10.1 Å². The summed E-state index contributed by atoms with van der Waals surface area (Å²) in [6.07, 6.45) is 3.21. The number of carbonyl (C=O) groups excluding carboxylic acids is 1. The molecule has 7 nitrogen and oxygen atoms in total. The zero-order valence-electron chi connectivity index (χ0n) is 15.3. The van der Waals surface area contributed by atoms with Crippen LogP contribution in [0.1, 0.15) is 12.5 Å². The summed E-state index contributed by atoms with van der Waals surface area (Å²) in [7, 11) is -4.09. The standard InChI is InChI=1S/C20H19N3O4S/c1-14-12-18(16-8-10-21-11-9-16)20(19(13-14)23-22-15(2)24)27-28(25,26)17-6-4-3-5-7-17/h3-13,23H,1-2H3,(H,22,24). The van der Waals surface area contributed by atoms with Crippen LogP contribution in [0.15, 0.2) is 71.9 Å². The van der Waals surface area contributed by atoms with Crippen molar-refractivity contribution in [2.24, 2.45) is 0 Å². The maximum atomic E-state index is 12.8. The zero-order valence-corrected chi connectivity index (χ0v) is 16.2. The van der Waals surface area contributed by atoms with Crippen molar-refractivity contribution in [2.75, 3.05) is 5.43 Å². The molecule has 0 radical (unpaired) electrons. The Balaban J connectivity index is 2.14. The van der Waals surface area contributed by atoms with E-state index in [2.05, 4.69) is 15.8 Å². The topological polar surface area (TPSA) is 97.4 Å². The van der Waals surface area contributed by atoms with Crippen LogP contribution < -0.4 is 15.0 Å². The van der Waals surface area contributed by atoms with Gasteiger partial charge in [-0.1, -0.05) is 18.2 Å². The third-order valence-corrected chi connectivity index (χ3v) is 5.06. The second-order valence-electron chi connectivity index (χ2n) is 6.08. The Morgan fingerprint density at radius 2 is 1.71 bits per heavy atom. The smallest absolute Gasteiger partial charge is 0.339 e. The molecule has 1 aromatic heterocycles. The molecular weight excluding hydrogens is 378 g/mol. The summed E-state index contributed by atoms with van der Waals surface area (Å²) >= 11 is 0. The Hall–Kier alpha value is -3.39. The van der Waals surface area contributed by atoms with E-state index in [1.807, 2.05) is 13.0 Å². The van der Waals surface area contributed by atoms with E-state index in [0.29, 0.717) is 11.3 Å². The molecule has 3 aromatic rings. The van der Waals surface area contributed by atoms with E-state index in [1.54, 1.807) is 48.8 Å². The molecule has 8 heteroatoms. The number of hydrogen-bond donors (Lipinski definition) is 2. The first-order valence-electron chi connectivity index (χ1n) is 8.44. The molecule has 0 fully saturated rings. The molecule has 0 aliphatic carbocycles. The molecule has 2 aromatic carbocycles. The van der Waals surface area contributed by atoms with Crippen molar-refractivity contribution in [3.63, 3.8) is 0 Å². The van der Waals surface area contributed by atoms with Crippen molar-refractivity contribution in [1.82, 2.24) is 10.4 Å². The van der Waals surface area contributed by atoms with E-state index in [1.165, 1.54) is 19.1 Å². The van der Waals surface area contributed by atoms with Gasteiger partial charge in [0.05, 0.1) is 5.69 Å². The lowest BCUT2D eigenvalue weighted by atomic mass is 10.0. The number of nitrogens with zero attached hydrogens (tertiary/aromatic N) is 1. The molecule has 0 unspecified atom stereocenters. The first-order chi connectivity index (χ1) is 13.4. The normalized spacial score (nSPS) is 10.9. The van der Waals surface area contributed by atoms with E-state index < -0.39 is 10.1 Å². The van der Waals surface area contributed by atoms with Crippen LogP contribution in [0.25, 0.3) is 11.1 Å². The van der Waals surface area contributed by atoms with Crippen LogP contribution in [0, 0.1) is 6.92 Å². The molecule has 0 aliphatic rings. The van der Waals surface area contributed by atoms with Crippen LogP contribution in [0.4, 0.5) is 5.69 Å². The van der Waals surface area contributed by atoms with Crippen LogP contribution in [-0.4, -0.2) is 19.3 Å². The third-order valence-electron chi connectivity index (χ3n) is 3.82. The number of aryl methyl sites for hydroxylation is 1. The van der Waals surface area contributed by atoms with Crippen molar-refractivity contribution >= 4 is 21.7 Å². The van der Waals surface area contributed by atoms with Gasteiger partial charge in [0, 0.05) is 24.9 Å². The molecule has 0 aliphatic heterocycles. The number of anilines is 1. The first-order valence-corrected chi connectivity index (χ1v) is 9.85. The molecule has 0 saturated carbocycles. The lowest BCUT2D eigenvalue weighted by molar-refractivity contribution is -0.118. The summed E-state index contributed by atoms with van der Waals surface area (Å²) in [4.78, 5) is 15.4. The van der Waals surface area contributed by atoms with Gasteiger partial charge in [0.2, 0.25) is 5.91 Å². The highest BCUT2D eigenvalue weighted by molar-refractivity contribution is 7.87. The fourth-order valence-electron chi connectivity index (χ4n) is 2.60. The molecule has 0 atom stereocenters. The van der Waals surface area contributed by atoms with Crippen molar-refractivity contribution < 1.29 is 17.4 Å². The number of benzene rings is 2. The summed E-state index contributed by atoms with van der Waals surface area (Å²) in [5.41, 5.74) is 7.64. The average molecular weight is 397 g/mol. The number of carbonyl (C=O) groups is 1. The fourth-order valence-corrected chi connectivity index (χ4v) is 3.59. The van der Waals surface area contributed by atoms with E-state index in [4.69, 9.17) is 4.18 Å². The molecule has 0 saturated heterocycles. The van der Waals surface area contributed by atoms with Gasteiger partial charge in [0.25, 0.3) is 0 Å². The predicted octanol–water partition coefficient (Wildman–Crippen LogP) is 3.29. The Morgan fingerprint density at radius 3 is 2.36 bits per heavy atom. The Kier molecular flexibility index (Phi) is 5.60. The molecule has 0 spiro atoms. The van der Waals surface area contributed by atoms with E-state index in [-0.39, 0.29) is 16.6 Å². The molecular formula is C20H19N3O4S. The third kappa shape index (κ3) is 4.47. The lowest BCUT2D eigenvalue weighted by Crippen LogP contribution is -2.27. The van der Waals surface area contributed by atoms with Crippen LogP contribution in [0.5, 0.6) is 5.75 Å². The van der Waals surface area contributed by atoms with Gasteiger partial charge < -0.3 is 4.18 Å². The number of hydrazine groups is 1. The van der Waals surface area contributed by atoms with E-state index in [9.17, 15) is 13.2 Å². The first kappa shape index (κ1) is 19.4. The Bertz CT molecular complexity index is 1090. The fraction of sp³-hybridized carbons (Fsp3) is 0.100. The molecule has 28 heavy (non-hydrogen) atoms. The molecule has 0 bridgehead atoms. The maximum absolute atomic E-state index is 12.8. The number of hydrogen-bond acceptors (Lipinski definition) is 6. The van der Waals surface area contributed by atoms with Crippen LogP contribution in [0.2, 0.25) is 0 Å². The van der Waals surface area contributed by atoms with Crippen molar-refractivity contribution in [1.29, 1.82) is 0 Å². The minimum absolute atomic E-state index is 0.0294. The monoisotopic (exact) mass is 397 g/mol. The second-order valence-corrected chi connectivity index (χ2v) is 7.63. The second kappa shape index (κ2) is 8.10. The van der Waals surface area contributed by atoms with Gasteiger partial charge in [-0.15, -0.1) is 0 Å². The minimum Gasteiger partial charge on any atom is -0.376 e. The van der Waals surface area contributed by atoms with Gasteiger partial charge in [-0.25, -0.2) is 0 Å². The summed E-state index contributed by atoms with van der Waals surface area (Å²) in [6.45, 7) is 3.20. The Labute approximate surface area is 163 Å². The molecule has 3 rings (SSSR count).